The number of hydrogen-bond acceptors (Lipinski definition) is 6. The van der Waals surface area contributed by atoms with E-state index in [-0.39, 0.29) is 31.1 Å². The van der Waals surface area contributed by atoms with Gasteiger partial charge in [0, 0.05) is 19.3 Å². The second-order valence-corrected chi connectivity index (χ2v) is 19.6. The van der Waals surface area contributed by atoms with Gasteiger partial charge in [0.2, 0.25) is 0 Å². The van der Waals surface area contributed by atoms with Gasteiger partial charge in [-0.15, -0.1) is 0 Å². The van der Waals surface area contributed by atoms with E-state index in [0.717, 1.165) is 77.0 Å². The van der Waals surface area contributed by atoms with E-state index in [4.69, 9.17) is 14.2 Å². The largest absolute Gasteiger partial charge is 0.462 e. The highest BCUT2D eigenvalue weighted by Crippen LogP contribution is 2.16. The molecule has 390 valence electrons. The van der Waals surface area contributed by atoms with E-state index in [1.807, 2.05) is 0 Å². The van der Waals surface area contributed by atoms with Crippen molar-refractivity contribution in [2.45, 2.75) is 309 Å². The first-order valence-electron chi connectivity index (χ1n) is 29.1. The zero-order valence-electron chi connectivity index (χ0n) is 44.7. The molecule has 6 nitrogen and oxygen atoms in total. The zero-order chi connectivity index (χ0) is 48.6. The van der Waals surface area contributed by atoms with Crippen LogP contribution in [0.1, 0.15) is 303 Å². The molecule has 0 amide bonds. The van der Waals surface area contributed by atoms with Crippen molar-refractivity contribution in [2.24, 2.45) is 0 Å². The molecule has 1 atom stereocenters. The van der Waals surface area contributed by atoms with Crippen molar-refractivity contribution in [2.75, 3.05) is 13.2 Å². The molecule has 0 aromatic heterocycles. The van der Waals surface area contributed by atoms with Gasteiger partial charge < -0.3 is 14.2 Å². The van der Waals surface area contributed by atoms with Crippen LogP contribution in [0.4, 0.5) is 0 Å². The third-order valence-corrected chi connectivity index (χ3v) is 12.8. The molecule has 0 aromatic rings. The van der Waals surface area contributed by atoms with Gasteiger partial charge in [-0.1, -0.05) is 249 Å². The number of hydrogen-bond donors (Lipinski definition) is 0. The highest BCUT2D eigenvalue weighted by atomic mass is 16.6. The molecule has 0 spiro atoms. The number of carbonyl (C=O) groups is 3. The minimum Gasteiger partial charge on any atom is -0.462 e. The second-order valence-electron chi connectivity index (χ2n) is 19.6. The lowest BCUT2D eigenvalue weighted by molar-refractivity contribution is -0.167. The molecule has 0 radical (unpaired) electrons. The van der Waals surface area contributed by atoms with E-state index in [9.17, 15) is 14.4 Å². The van der Waals surface area contributed by atoms with E-state index >= 15 is 0 Å². The van der Waals surface area contributed by atoms with Crippen LogP contribution in [0.15, 0.2) is 48.6 Å². The third-order valence-electron chi connectivity index (χ3n) is 12.8. The van der Waals surface area contributed by atoms with Crippen LogP contribution in [0.5, 0.6) is 0 Å². The molecule has 0 saturated heterocycles. The Morgan fingerprint density at radius 3 is 0.866 bits per heavy atom. The van der Waals surface area contributed by atoms with Crippen LogP contribution in [0.2, 0.25) is 0 Å². The van der Waals surface area contributed by atoms with Crippen molar-refractivity contribution in [1.29, 1.82) is 0 Å². The molecule has 0 N–H and O–H groups in total. The molecule has 67 heavy (non-hydrogen) atoms. The van der Waals surface area contributed by atoms with Gasteiger partial charge in [0.05, 0.1) is 0 Å². The standard InChI is InChI=1S/C61H110O6/c1-4-7-10-13-16-19-22-24-25-26-27-28-29-30-31-32-33-34-35-37-39-42-45-48-51-54-60(63)66-57-58(56-65-59(62)53-50-47-44-41-38-21-18-15-12-9-6-3)67-61(64)55-52-49-46-43-40-36-23-20-17-14-11-8-5-2/h20,22-24,26-27,29-30,58H,4-19,21,25,28,31-57H2,1-3H3/b23-20-,24-22-,27-26-,30-29-. The molecule has 0 aliphatic rings. The summed E-state index contributed by atoms with van der Waals surface area (Å²) < 4.78 is 16.8. The summed E-state index contributed by atoms with van der Waals surface area (Å²) in [6.07, 6.45) is 68.2. The number of allylic oxidation sites excluding steroid dienone is 8. The predicted octanol–water partition coefficient (Wildman–Crippen LogP) is 19.4. The van der Waals surface area contributed by atoms with Gasteiger partial charge >= 0.3 is 17.9 Å². The Hall–Kier alpha value is -2.63. The Balaban J connectivity index is 4.23. The van der Waals surface area contributed by atoms with Crippen LogP contribution < -0.4 is 0 Å². The second kappa shape index (κ2) is 56.0. The molecule has 0 fully saturated rings. The van der Waals surface area contributed by atoms with E-state index in [1.165, 1.54) is 186 Å². The monoisotopic (exact) mass is 939 g/mol. The van der Waals surface area contributed by atoms with Crippen molar-refractivity contribution >= 4 is 17.9 Å². The summed E-state index contributed by atoms with van der Waals surface area (Å²) in [5.41, 5.74) is 0. The Bertz CT molecular complexity index is 1170. The van der Waals surface area contributed by atoms with Gasteiger partial charge in [0.15, 0.2) is 6.10 Å². The molecule has 0 aliphatic heterocycles. The Labute approximate surface area is 416 Å². The van der Waals surface area contributed by atoms with Crippen LogP contribution in [0.25, 0.3) is 0 Å². The average molecular weight is 940 g/mol. The lowest BCUT2D eigenvalue weighted by atomic mass is 10.1. The topological polar surface area (TPSA) is 78.9 Å². The maximum Gasteiger partial charge on any atom is 0.306 e. The van der Waals surface area contributed by atoms with Crippen molar-refractivity contribution in [3.63, 3.8) is 0 Å². The molecule has 0 aliphatic carbocycles. The van der Waals surface area contributed by atoms with Crippen LogP contribution in [-0.4, -0.2) is 37.2 Å². The quantitative estimate of drug-likeness (QED) is 0.0262. The van der Waals surface area contributed by atoms with Crippen molar-refractivity contribution in [1.82, 2.24) is 0 Å². The smallest absolute Gasteiger partial charge is 0.306 e. The van der Waals surface area contributed by atoms with Gasteiger partial charge in [0.25, 0.3) is 0 Å². The maximum atomic E-state index is 12.8. The molecule has 0 bridgehead atoms. The maximum absolute atomic E-state index is 12.8. The van der Waals surface area contributed by atoms with Crippen LogP contribution >= 0.6 is 0 Å². The zero-order valence-corrected chi connectivity index (χ0v) is 44.7. The van der Waals surface area contributed by atoms with E-state index < -0.39 is 6.10 Å². The number of esters is 3. The molecule has 0 saturated carbocycles. The van der Waals surface area contributed by atoms with Gasteiger partial charge in [-0.25, -0.2) is 0 Å². The lowest BCUT2D eigenvalue weighted by Gasteiger charge is -2.18. The average Bonchev–Trinajstić information content (AvgIpc) is 3.33. The number of ether oxygens (including phenoxy) is 3. The summed E-state index contributed by atoms with van der Waals surface area (Å²) in [6.45, 7) is 6.62. The minimum atomic E-state index is -0.775. The van der Waals surface area contributed by atoms with E-state index in [0.29, 0.717) is 19.3 Å². The summed E-state index contributed by atoms with van der Waals surface area (Å²) in [6, 6.07) is 0. The lowest BCUT2D eigenvalue weighted by Crippen LogP contribution is -2.30. The van der Waals surface area contributed by atoms with E-state index in [2.05, 4.69) is 69.4 Å². The summed E-state index contributed by atoms with van der Waals surface area (Å²) >= 11 is 0. The first-order valence-corrected chi connectivity index (χ1v) is 29.1. The molecule has 0 rings (SSSR count). The molecule has 1 unspecified atom stereocenters. The summed E-state index contributed by atoms with van der Waals surface area (Å²) in [4.78, 5) is 38.0. The fraction of sp³-hybridized carbons (Fsp3) is 0.820. The fourth-order valence-corrected chi connectivity index (χ4v) is 8.39. The first kappa shape index (κ1) is 64.4. The van der Waals surface area contributed by atoms with Gasteiger partial charge in [-0.3, -0.25) is 14.4 Å². The molecular weight excluding hydrogens is 829 g/mol. The highest BCUT2D eigenvalue weighted by Gasteiger charge is 2.19. The number of carbonyl (C=O) groups excluding carboxylic acids is 3. The Morgan fingerprint density at radius 1 is 0.299 bits per heavy atom. The van der Waals surface area contributed by atoms with Crippen LogP contribution in [-0.2, 0) is 28.6 Å². The molecular formula is C61H110O6. The van der Waals surface area contributed by atoms with Crippen molar-refractivity contribution in [3.05, 3.63) is 48.6 Å². The van der Waals surface area contributed by atoms with Crippen molar-refractivity contribution in [3.8, 4) is 0 Å². The van der Waals surface area contributed by atoms with Gasteiger partial charge in [0.1, 0.15) is 13.2 Å². The summed E-state index contributed by atoms with van der Waals surface area (Å²) in [5, 5.41) is 0. The van der Waals surface area contributed by atoms with Crippen molar-refractivity contribution < 1.29 is 28.6 Å². The third kappa shape index (κ3) is 54.2. The SMILES string of the molecule is CCCCCC/C=C\CCCCCCCC(=O)OC(COC(=O)CCCCCCCCCCCCC)COC(=O)CCCCCCCCCCCC/C=C\C/C=C\C/C=C\CCCCCCC. The summed E-state index contributed by atoms with van der Waals surface area (Å²) in [7, 11) is 0. The van der Waals surface area contributed by atoms with Crippen LogP contribution in [0.3, 0.4) is 0 Å². The van der Waals surface area contributed by atoms with Gasteiger partial charge in [-0.05, 0) is 83.5 Å². The molecule has 6 heteroatoms. The summed E-state index contributed by atoms with van der Waals surface area (Å²) in [5.74, 6) is -0.876. The Kier molecular flexibility index (Phi) is 53.8. The highest BCUT2D eigenvalue weighted by molar-refractivity contribution is 5.71. The molecule has 0 heterocycles. The fourth-order valence-electron chi connectivity index (χ4n) is 8.39. The first-order chi connectivity index (χ1) is 33.0. The predicted molar refractivity (Wildman–Crippen MR) is 289 cm³/mol. The van der Waals surface area contributed by atoms with Gasteiger partial charge in [-0.2, -0.15) is 0 Å². The molecule has 0 aromatic carbocycles. The minimum absolute atomic E-state index is 0.0747. The van der Waals surface area contributed by atoms with E-state index in [1.54, 1.807) is 0 Å². The van der Waals surface area contributed by atoms with Crippen LogP contribution in [0, 0.1) is 0 Å². The normalized spacial score (nSPS) is 12.3. The number of unbranched alkanes of at least 4 members (excludes halogenated alkanes) is 34. The Morgan fingerprint density at radius 2 is 0.537 bits per heavy atom. The number of rotatable bonds is 53.